The van der Waals surface area contributed by atoms with Gasteiger partial charge < -0.3 is 14.3 Å². The molecule has 0 radical (unpaired) electrons. The SMILES string of the molecule is C/C(=N/NC(=O)c1ccoc1C)c1ccc(OCC(=O)O)cc1. The number of ether oxygens (including phenoxy) is 1. The Morgan fingerprint density at radius 2 is 1.96 bits per heavy atom. The lowest BCUT2D eigenvalue weighted by Gasteiger charge is -2.05. The van der Waals surface area contributed by atoms with Gasteiger partial charge in [0, 0.05) is 0 Å². The number of hydrogen-bond donors (Lipinski definition) is 2. The van der Waals surface area contributed by atoms with Crippen molar-refractivity contribution in [1.29, 1.82) is 0 Å². The van der Waals surface area contributed by atoms with Crippen LogP contribution in [0, 0.1) is 6.92 Å². The average molecular weight is 316 g/mol. The van der Waals surface area contributed by atoms with E-state index in [1.807, 2.05) is 0 Å². The fourth-order valence-electron chi connectivity index (χ4n) is 1.82. The van der Waals surface area contributed by atoms with Crippen LogP contribution in [0.4, 0.5) is 0 Å². The summed E-state index contributed by atoms with van der Waals surface area (Å²) >= 11 is 0. The minimum atomic E-state index is -1.04. The van der Waals surface area contributed by atoms with Crippen LogP contribution in [-0.2, 0) is 4.79 Å². The molecule has 1 amide bonds. The zero-order valence-corrected chi connectivity index (χ0v) is 12.7. The number of amides is 1. The summed E-state index contributed by atoms with van der Waals surface area (Å²) in [7, 11) is 0. The van der Waals surface area contributed by atoms with Crippen LogP contribution in [0.1, 0.15) is 28.6 Å². The molecule has 0 atom stereocenters. The van der Waals surface area contributed by atoms with Gasteiger partial charge in [-0.15, -0.1) is 0 Å². The number of furan rings is 1. The number of carbonyl (C=O) groups is 2. The first-order valence-corrected chi connectivity index (χ1v) is 6.81. The number of aliphatic carboxylic acids is 1. The summed E-state index contributed by atoms with van der Waals surface area (Å²) in [5, 5.41) is 12.6. The largest absolute Gasteiger partial charge is 0.482 e. The molecule has 120 valence electrons. The van der Waals surface area contributed by atoms with Gasteiger partial charge in [0.15, 0.2) is 6.61 Å². The minimum Gasteiger partial charge on any atom is -0.482 e. The highest BCUT2D eigenvalue weighted by molar-refractivity contribution is 6.01. The van der Waals surface area contributed by atoms with Crippen molar-refractivity contribution >= 4 is 17.6 Å². The number of nitrogens with one attached hydrogen (secondary N) is 1. The van der Waals surface area contributed by atoms with E-state index in [0.717, 1.165) is 5.56 Å². The zero-order chi connectivity index (χ0) is 16.8. The van der Waals surface area contributed by atoms with Gasteiger partial charge in [-0.05, 0) is 49.7 Å². The van der Waals surface area contributed by atoms with Gasteiger partial charge in [0.1, 0.15) is 11.5 Å². The van der Waals surface area contributed by atoms with Gasteiger partial charge in [-0.2, -0.15) is 5.10 Å². The van der Waals surface area contributed by atoms with Crippen molar-refractivity contribution in [3.63, 3.8) is 0 Å². The summed E-state index contributed by atoms with van der Waals surface area (Å²) in [5.41, 5.74) is 4.26. The smallest absolute Gasteiger partial charge is 0.341 e. The highest BCUT2D eigenvalue weighted by atomic mass is 16.5. The molecule has 1 aromatic carbocycles. The van der Waals surface area contributed by atoms with E-state index in [1.54, 1.807) is 44.2 Å². The highest BCUT2D eigenvalue weighted by Crippen LogP contribution is 2.13. The Morgan fingerprint density at radius 1 is 1.26 bits per heavy atom. The van der Waals surface area contributed by atoms with Crippen LogP contribution in [0.5, 0.6) is 5.75 Å². The van der Waals surface area contributed by atoms with Crippen LogP contribution >= 0.6 is 0 Å². The Hall–Kier alpha value is -3.09. The monoisotopic (exact) mass is 316 g/mol. The van der Waals surface area contributed by atoms with Gasteiger partial charge in [-0.25, -0.2) is 10.2 Å². The highest BCUT2D eigenvalue weighted by Gasteiger charge is 2.10. The Kier molecular flexibility index (Phi) is 5.14. The van der Waals surface area contributed by atoms with E-state index in [4.69, 9.17) is 14.3 Å². The van der Waals surface area contributed by atoms with Crippen LogP contribution < -0.4 is 10.2 Å². The molecule has 7 heteroatoms. The number of hydrogen-bond acceptors (Lipinski definition) is 5. The van der Waals surface area contributed by atoms with E-state index in [2.05, 4.69) is 10.5 Å². The molecule has 7 nitrogen and oxygen atoms in total. The lowest BCUT2D eigenvalue weighted by molar-refractivity contribution is -0.139. The van der Waals surface area contributed by atoms with Gasteiger partial charge in [0.25, 0.3) is 5.91 Å². The lowest BCUT2D eigenvalue weighted by atomic mass is 10.1. The molecule has 0 saturated heterocycles. The van der Waals surface area contributed by atoms with E-state index >= 15 is 0 Å². The molecular weight excluding hydrogens is 300 g/mol. The zero-order valence-electron chi connectivity index (χ0n) is 12.7. The number of hydrazone groups is 1. The number of rotatable bonds is 6. The summed E-state index contributed by atoms with van der Waals surface area (Å²) in [5.74, 6) is -0.418. The summed E-state index contributed by atoms with van der Waals surface area (Å²) in [6, 6.07) is 8.30. The molecule has 0 spiro atoms. The van der Waals surface area contributed by atoms with Crippen LogP contribution in [0.3, 0.4) is 0 Å². The molecule has 0 aliphatic rings. The molecule has 2 aromatic rings. The van der Waals surface area contributed by atoms with Crippen molar-refractivity contribution in [2.75, 3.05) is 6.61 Å². The van der Waals surface area contributed by atoms with Crippen LogP contribution in [0.15, 0.2) is 46.1 Å². The number of carboxylic acid groups (broad SMARTS) is 1. The second kappa shape index (κ2) is 7.26. The molecule has 1 heterocycles. The maximum absolute atomic E-state index is 11.9. The quantitative estimate of drug-likeness (QED) is 0.628. The molecule has 1 aromatic heterocycles. The predicted octanol–water partition coefficient (Wildman–Crippen LogP) is 2.21. The fraction of sp³-hybridized carbons (Fsp3) is 0.188. The molecule has 0 aliphatic heterocycles. The minimum absolute atomic E-state index is 0.350. The van der Waals surface area contributed by atoms with E-state index < -0.39 is 12.6 Å². The topological polar surface area (TPSA) is 101 Å². The second-order valence-electron chi connectivity index (χ2n) is 4.74. The van der Waals surface area contributed by atoms with Crippen molar-refractivity contribution in [3.8, 4) is 5.75 Å². The van der Waals surface area contributed by atoms with Gasteiger partial charge in [-0.3, -0.25) is 4.79 Å². The Morgan fingerprint density at radius 3 is 2.52 bits per heavy atom. The Balaban J connectivity index is 1.99. The third-order valence-corrected chi connectivity index (χ3v) is 3.06. The van der Waals surface area contributed by atoms with E-state index in [-0.39, 0.29) is 5.91 Å². The van der Waals surface area contributed by atoms with Gasteiger partial charge >= 0.3 is 5.97 Å². The number of carbonyl (C=O) groups excluding carboxylic acids is 1. The van der Waals surface area contributed by atoms with Gasteiger partial charge in [0.2, 0.25) is 0 Å². The first-order chi connectivity index (χ1) is 11.0. The third-order valence-electron chi connectivity index (χ3n) is 3.06. The summed E-state index contributed by atoms with van der Waals surface area (Å²) < 4.78 is 10.1. The van der Waals surface area contributed by atoms with E-state index in [1.165, 1.54) is 6.26 Å². The molecule has 2 N–H and O–H groups in total. The van der Waals surface area contributed by atoms with Gasteiger partial charge in [-0.1, -0.05) is 0 Å². The van der Waals surface area contributed by atoms with Crippen LogP contribution in [0.2, 0.25) is 0 Å². The van der Waals surface area contributed by atoms with E-state index in [0.29, 0.717) is 22.8 Å². The standard InChI is InChI=1S/C16H16N2O5/c1-10(17-18-16(21)14-7-8-22-11(14)2)12-3-5-13(6-4-12)23-9-15(19)20/h3-8H,9H2,1-2H3,(H,18,21)(H,19,20)/b17-10-. The average Bonchev–Trinajstić information content (AvgIpc) is 2.97. The first kappa shape index (κ1) is 16.3. The fourth-order valence-corrected chi connectivity index (χ4v) is 1.82. The molecular formula is C16H16N2O5. The van der Waals surface area contributed by atoms with Crippen molar-refractivity contribution in [2.45, 2.75) is 13.8 Å². The predicted molar refractivity (Wildman–Crippen MR) is 82.7 cm³/mol. The molecule has 23 heavy (non-hydrogen) atoms. The van der Waals surface area contributed by atoms with Crippen LogP contribution in [-0.4, -0.2) is 29.3 Å². The molecule has 0 fully saturated rings. The third kappa shape index (κ3) is 4.44. The van der Waals surface area contributed by atoms with Crippen molar-refractivity contribution in [2.24, 2.45) is 5.10 Å². The lowest BCUT2D eigenvalue weighted by Crippen LogP contribution is -2.19. The molecule has 2 rings (SSSR count). The Bertz CT molecular complexity index is 731. The molecule has 0 bridgehead atoms. The maximum atomic E-state index is 11.9. The van der Waals surface area contributed by atoms with Crippen molar-refractivity contribution in [3.05, 3.63) is 53.5 Å². The van der Waals surface area contributed by atoms with E-state index in [9.17, 15) is 9.59 Å². The van der Waals surface area contributed by atoms with Crippen LogP contribution in [0.25, 0.3) is 0 Å². The maximum Gasteiger partial charge on any atom is 0.341 e. The number of carboxylic acids is 1. The van der Waals surface area contributed by atoms with Crippen molar-refractivity contribution in [1.82, 2.24) is 5.43 Å². The molecule has 0 unspecified atom stereocenters. The summed E-state index contributed by atoms with van der Waals surface area (Å²) in [6.07, 6.45) is 1.44. The normalized spacial score (nSPS) is 11.1. The summed E-state index contributed by atoms with van der Waals surface area (Å²) in [4.78, 5) is 22.3. The number of nitrogens with zero attached hydrogens (tertiary/aromatic N) is 1. The summed E-state index contributed by atoms with van der Waals surface area (Å²) in [6.45, 7) is 3.05. The van der Waals surface area contributed by atoms with Gasteiger partial charge in [0.05, 0.1) is 17.5 Å². The molecule has 0 saturated carbocycles. The number of aryl methyl sites for hydroxylation is 1. The molecule has 0 aliphatic carbocycles. The van der Waals surface area contributed by atoms with Crippen molar-refractivity contribution < 1.29 is 23.8 Å². The number of benzene rings is 1. The first-order valence-electron chi connectivity index (χ1n) is 6.81. The second-order valence-corrected chi connectivity index (χ2v) is 4.74. The Labute approximate surface area is 132 Å².